The molecule has 6 nitrogen and oxygen atoms in total. The first-order valence-electron chi connectivity index (χ1n) is 4.19. The second-order valence-corrected chi connectivity index (χ2v) is 3.25. The van der Waals surface area contributed by atoms with Crippen LogP contribution in [0.15, 0.2) is 4.42 Å². The van der Waals surface area contributed by atoms with Crippen molar-refractivity contribution in [3.8, 4) is 0 Å². The SMILES string of the molecule is O=C1CC(Nc2nnc(CCl)o2)CN1. The van der Waals surface area contributed by atoms with Gasteiger partial charge >= 0.3 is 6.01 Å². The van der Waals surface area contributed by atoms with Crippen LogP contribution in [0, 0.1) is 0 Å². The van der Waals surface area contributed by atoms with Crippen molar-refractivity contribution in [2.24, 2.45) is 0 Å². The summed E-state index contributed by atoms with van der Waals surface area (Å²) in [6.07, 6.45) is 0.429. The number of carbonyl (C=O) groups excluding carboxylic acids is 1. The van der Waals surface area contributed by atoms with Crippen molar-refractivity contribution in [3.63, 3.8) is 0 Å². The predicted molar refractivity (Wildman–Crippen MR) is 48.9 cm³/mol. The molecule has 2 N–H and O–H groups in total. The summed E-state index contributed by atoms with van der Waals surface area (Å²) < 4.78 is 5.13. The molecule has 1 atom stereocenters. The summed E-state index contributed by atoms with van der Waals surface area (Å²) in [5.41, 5.74) is 0. The molecule has 0 bridgehead atoms. The van der Waals surface area contributed by atoms with Gasteiger partial charge in [0.15, 0.2) is 0 Å². The molecule has 0 aromatic carbocycles. The molecule has 0 saturated carbocycles. The number of rotatable bonds is 3. The summed E-state index contributed by atoms with van der Waals surface area (Å²) in [5.74, 6) is 0.585. The minimum absolute atomic E-state index is 0.0196. The second kappa shape index (κ2) is 3.83. The summed E-state index contributed by atoms with van der Waals surface area (Å²) in [6, 6.07) is 0.327. The average molecular weight is 217 g/mol. The van der Waals surface area contributed by atoms with Gasteiger partial charge in [0.1, 0.15) is 5.88 Å². The van der Waals surface area contributed by atoms with Gasteiger partial charge in [0, 0.05) is 13.0 Å². The Balaban J connectivity index is 1.93. The number of hydrogen-bond acceptors (Lipinski definition) is 5. The zero-order valence-corrected chi connectivity index (χ0v) is 8.04. The van der Waals surface area contributed by atoms with Gasteiger partial charge in [-0.2, -0.15) is 0 Å². The van der Waals surface area contributed by atoms with Gasteiger partial charge in [-0.1, -0.05) is 5.10 Å². The Hall–Kier alpha value is -1.30. The van der Waals surface area contributed by atoms with Crippen molar-refractivity contribution >= 4 is 23.5 Å². The van der Waals surface area contributed by atoms with Crippen LogP contribution in [0.1, 0.15) is 12.3 Å². The van der Waals surface area contributed by atoms with Crippen LogP contribution < -0.4 is 10.6 Å². The minimum Gasteiger partial charge on any atom is -0.407 e. The first kappa shape index (κ1) is 9.26. The topological polar surface area (TPSA) is 80.1 Å². The molecule has 14 heavy (non-hydrogen) atoms. The normalized spacial score (nSPS) is 20.9. The van der Waals surface area contributed by atoms with Gasteiger partial charge < -0.3 is 15.1 Å². The van der Waals surface area contributed by atoms with E-state index in [1.165, 1.54) is 0 Å². The highest BCUT2D eigenvalue weighted by atomic mass is 35.5. The molecule has 7 heteroatoms. The molecule has 1 amide bonds. The van der Waals surface area contributed by atoms with E-state index in [4.69, 9.17) is 16.0 Å². The van der Waals surface area contributed by atoms with Crippen LogP contribution in [0.3, 0.4) is 0 Å². The number of hydrogen-bond donors (Lipinski definition) is 2. The monoisotopic (exact) mass is 216 g/mol. The van der Waals surface area contributed by atoms with E-state index in [0.29, 0.717) is 24.9 Å². The Labute approximate surface area is 85.0 Å². The summed E-state index contributed by atoms with van der Waals surface area (Å²) in [7, 11) is 0. The van der Waals surface area contributed by atoms with E-state index in [9.17, 15) is 4.79 Å². The van der Waals surface area contributed by atoms with Crippen LogP contribution in [0.25, 0.3) is 0 Å². The third-order valence-corrected chi connectivity index (χ3v) is 2.11. The van der Waals surface area contributed by atoms with E-state index < -0.39 is 0 Å². The molecule has 1 aliphatic rings. The van der Waals surface area contributed by atoms with Crippen LogP contribution >= 0.6 is 11.6 Å². The Morgan fingerprint density at radius 1 is 1.64 bits per heavy atom. The fourth-order valence-electron chi connectivity index (χ4n) is 1.25. The Morgan fingerprint density at radius 3 is 3.07 bits per heavy atom. The van der Waals surface area contributed by atoms with Crippen molar-refractivity contribution in [1.82, 2.24) is 15.5 Å². The third-order valence-electron chi connectivity index (χ3n) is 1.89. The first-order valence-corrected chi connectivity index (χ1v) is 4.73. The largest absolute Gasteiger partial charge is 0.407 e. The molecular weight excluding hydrogens is 208 g/mol. The summed E-state index contributed by atoms with van der Waals surface area (Å²) >= 11 is 5.49. The van der Waals surface area contributed by atoms with Gasteiger partial charge in [0.25, 0.3) is 0 Å². The highest BCUT2D eigenvalue weighted by molar-refractivity contribution is 6.16. The lowest BCUT2D eigenvalue weighted by molar-refractivity contribution is -0.119. The number of halogens is 1. The molecule has 1 fully saturated rings. The van der Waals surface area contributed by atoms with Crippen LogP contribution in [0.2, 0.25) is 0 Å². The van der Waals surface area contributed by atoms with E-state index in [1.807, 2.05) is 0 Å². The zero-order valence-electron chi connectivity index (χ0n) is 7.29. The van der Waals surface area contributed by atoms with Crippen molar-refractivity contribution in [1.29, 1.82) is 0 Å². The zero-order chi connectivity index (χ0) is 9.97. The maximum absolute atomic E-state index is 10.9. The standard InChI is InChI=1S/C7H9ClN4O2/c8-2-6-11-12-7(14-6)10-4-1-5(13)9-3-4/h4H,1-3H2,(H,9,13)(H,10,12). The van der Waals surface area contributed by atoms with E-state index in [0.717, 1.165) is 0 Å². The second-order valence-electron chi connectivity index (χ2n) is 2.98. The molecule has 0 aliphatic carbocycles. The number of nitrogens with one attached hydrogen (secondary N) is 2. The predicted octanol–water partition coefficient (Wildman–Crippen LogP) is 0.109. The first-order chi connectivity index (χ1) is 6.78. The molecule has 1 unspecified atom stereocenters. The van der Waals surface area contributed by atoms with Crippen molar-refractivity contribution in [2.45, 2.75) is 18.3 Å². The Morgan fingerprint density at radius 2 is 2.50 bits per heavy atom. The number of aromatic nitrogens is 2. The number of amides is 1. The van der Waals surface area contributed by atoms with Crippen LogP contribution in [0.5, 0.6) is 0 Å². The van der Waals surface area contributed by atoms with Crippen molar-refractivity contribution in [3.05, 3.63) is 5.89 Å². The molecular formula is C7H9ClN4O2. The van der Waals surface area contributed by atoms with Crippen molar-refractivity contribution < 1.29 is 9.21 Å². The smallest absolute Gasteiger partial charge is 0.315 e. The van der Waals surface area contributed by atoms with Gasteiger partial charge in [0.2, 0.25) is 11.8 Å². The highest BCUT2D eigenvalue weighted by Gasteiger charge is 2.22. The third kappa shape index (κ3) is 1.95. The van der Waals surface area contributed by atoms with E-state index in [2.05, 4.69) is 20.8 Å². The fourth-order valence-corrected chi connectivity index (χ4v) is 1.36. The molecule has 1 aliphatic heterocycles. The van der Waals surface area contributed by atoms with E-state index in [1.54, 1.807) is 0 Å². The summed E-state index contributed by atoms with van der Waals surface area (Å²) in [5, 5.41) is 13.0. The average Bonchev–Trinajstić information content (AvgIpc) is 2.76. The number of alkyl halides is 1. The minimum atomic E-state index is 0.0196. The van der Waals surface area contributed by atoms with E-state index in [-0.39, 0.29) is 17.8 Å². The summed E-state index contributed by atoms with van der Waals surface area (Å²) in [4.78, 5) is 10.9. The molecule has 76 valence electrons. The van der Waals surface area contributed by atoms with Gasteiger partial charge in [0.05, 0.1) is 6.04 Å². The molecule has 0 radical (unpaired) electrons. The maximum Gasteiger partial charge on any atom is 0.315 e. The lowest BCUT2D eigenvalue weighted by Gasteiger charge is -2.05. The number of anilines is 1. The quantitative estimate of drug-likeness (QED) is 0.701. The summed E-state index contributed by atoms with van der Waals surface area (Å²) in [6.45, 7) is 0.581. The molecule has 1 aromatic rings. The van der Waals surface area contributed by atoms with Gasteiger partial charge in [-0.15, -0.1) is 16.7 Å². The van der Waals surface area contributed by atoms with Crippen LogP contribution in [-0.2, 0) is 10.7 Å². The lowest BCUT2D eigenvalue weighted by atomic mass is 10.3. The molecule has 1 aromatic heterocycles. The molecule has 1 saturated heterocycles. The highest BCUT2D eigenvalue weighted by Crippen LogP contribution is 2.11. The van der Waals surface area contributed by atoms with Crippen LogP contribution in [-0.4, -0.2) is 28.7 Å². The lowest BCUT2D eigenvalue weighted by Crippen LogP contribution is -2.22. The number of carbonyl (C=O) groups is 1. The molecule has 0 spiro atoms. The van der Waals surface area contributed by atoms with Crippen molar-refractivity contribution in [2.75, 3.05) is 11.9 Å². The van der Waals surface area contributed by atoms with Gasteiger partial charge in [-0.25, -0.2) is 0 Å². The van der Waals surface area contributed by atoms with Gasteiger partial charge in [-0.3, -0.25) is 4.79 Å². The van der Waals surface area contributed by atoms with Gasteiger partial charge in [-0.05, 0) is 0 Å². The molecule has 2 rings (SSSR count). The Bertz CT molecular complexity index is 340. The van der Waals surface area contributed by atoms with E-state index >= 15 is 0 Å². The van der Waals surface area contributed by atoms with Crippen LogP contribution in [0.4, 0.5) is 6.01 Å². The number of nitrogens with zero attached hydrogens (tertiary/aromatic N) is 2. The molecule has 2 heterocycles. The maximum atomic E-state index is 10.9. The fraction of sp³-hybridized carbons (Fsp3) is 0.571. The Kier molecular flexibility index (Phi) is 2.53.